The standard InChI is InChI=1S/C16H25N3O3/c1-4-22-16(21)13-9-12(10-17-13)18-15(20)14-7-5-6-8-19(14)11(2)3/h9-11,14,17H,4-8H2,1-3H3,(H,18,20)/t14-/m0/s1. The van der Waals surface area contributed by atoms with Crippen LogP contribution in [0.1, 0.15) is 50.5 Å². The first-order chi connectivity index (χ1) is 10.5. The molecule has 1 aliphatic heterocycles. The normalized spacial score (nSPS) is 19.2. The van der Waals surface area contributed by atoms with Crippen LogP contribution in [0.2, 0.25) is 0 Å². The van der Waals surface area contributed by atoms with Gasteiger partial charge in [0.1, 0.15) is 5.69 Å². The van der Waals surface area contributed by atoms with E-state index in [-0.39, 0.29) is 11.9 Å². The fourth-order valence-corrected chi connectivity index (χ4v) is 2.87. The van der Waals surface area contributed by atoms with Gasteiger partial charge in [-0.1, -0.05) is 6.42 Å². The first-order valence-corrected chi connectivity index (χ1v) is 7.95. The van der Waals surface area contributed by atoms with Crippen molar-refractivity contribution in [3.8, 4) is 0 Å². The number of hydrogen-bond acceptors (Lipinski definition) is 4. The van der Waals surface area contributed by atoms with E-state index in [9.17, 15) is 9.59 Å². The number of likely N-dealkylation sites (tertiary alicyclic amines) is 1. The lowest BCUT2D eigenvalue weighted by Gasteiger charge is -2.37. The van der Waals surface area contributed by atoms with Crippen molar-refractivity contribution in [1.29, 1.82) is 0 Å². The number of amides is 1. The topological polar surface area (TPSA) is 74.4 Å². The molecular formula is C16H25N3O3. The van der Waals surface area contributed by atoms with Gasteiger partial charge in [-0.15, -0.1) is 0 Å². The van der Waals surface area contributed by atoms with Crippen LogP contribution in [-0.2, 0) is 9.53 Å². The number of anilines is 1. The molecule has 0 aliphatic carbocycles. The van der Waals surface area contributed by atoms with Crippen LogP contribution in [0.5, 0.6) is 0 Å². The third-order valence-electron chi connectivity index (χ3n) is 3.96. The molecule has 0 aromatic carbocycles. The third-order valence-corrected chi connectivity index (χ3v) is 3.96. The highest BCUT2D eigenvalue weighted by Crippen LogP contribution is 2.21. The zero-order valence-electron chi connectivity index (χ0n) is 13.5. The molecule has 6 heteroatoms. The molecule has 1 aliphatic rings. The van der Waals surface area contributed by atoms with Gasteiger partial charge >= 0.3 is 5.97 Å². The number of rotatable bonds is 5. The number of carbonyl (C=O) groups excluding carboxylic acids is 2. The van der Waals surface area contributed by atoms with Crippen LogP contribution < -0.4 is 5.32 Å². The Balaban J connectivity index is 2.00. The van der Waals surface area contributed by atoms with Crippen LogP contribution in [0.25, 0.3) is 0 Å². The van der Waals surface area contributed by atoms with E-state index in [0.717, 1.165) is 25.8 Å². The van der Waals surface area contributed by atoms with E-state index in [1.165, 1.54) is 0 Å². The number of ether oxygens (including phenoxy) is 1. The Hall–Kier alpha value is -1.82. The summed E-state index contributed by atoms with van der Waals surface area (Å²) in [6.45, 7) is 7.26. The van der Waals surface area contributed by atoms with Gasteiger partial charge in [0.2, 0.25) is 5.91 Å². The van der Waals surface area contributed by atoms with Crippen LogP contribution in [0.4, 0.5) is 5.69 Å². The Morgan fingerprint density at radius 3 is 2.91 bits per heavy atom. The van der Waals surface area contributed by atoms with Crippen molar-refractivity contribution in [3.63, 3.8) is 0 Å². The van der Waals surface area contributed by atoms with Gasteiger partial charge in [-0.05, 0) is 46.2 Å². The molecule has 122 valence electrons. The maximum Gasteiger partial charge on any atom is 0.354 e. The number of nitrogens with zero attached hydrogens (tertiary/aromatic N) is 1. The molecule has 0 spiro atoms. The lowest BCUT2D eigenvalue weighted by atomic mass is 9.99. The van der Waals surface area contributed by atoms with Gasteiger partial charge in [0.05, 0.1) is 18.3 Å². The van der Waals surface area contributed by atoms with Crippen molar-refractivity contribution in [2.75, 3.05) is 18.5 Å². The second-order valence-electron chi connectivity index (χ2n) is 5.85. The molecule has 1 saturated heterocycles. The Kier molecular flexibility index (Phi) is 5.60. The lowest BCUT2D eigenvalue weighted by molar-refractivity contribution is -0.123. The van der Waals surface area contributed by atoms with Crippen molar-refractivity contribution in [2.45, 2.75) is 52.1 Å². The fraction of sp³-hybridized carbons (Fsp3) is 0.625. The van der Waals surface area contributed by atoms with Gasteiger partial charge in [-0.3, -0.25) is 9.69 Å². The summed E-state index contributed by atoms with van der Waals surface area (Å²) in [5.74, 6) is -0.424. The number of piperidine rings is 1. The molecule has 22 heavy (non-hydrogen) atoms. The second kappa shape index (κ2) is 7.45. The Morgan fingerprint density at radius 1 is 1.45 bits per heavy atom. The predicted octanol–water partition coefficient (Wildman–Crippen LogP) is 2.39. The number of aromatic nitrogens is 1. The maximum atomic E-state index is 12.5. The minimum absolute atomic E-state index is 0.0113. The molecule has 1 atom stereocenters. The summed E-state index contributed by atoms with van der Waals surface area (Å²) in [5, 5.41) is 2.89. The van der Waals surface area contributed by atoms with Crippen molar-refractivity contribution >= 4 is 17.6 Å². The summed E-state index contributed by atoms with van der Waals surface area (Å²) < 4.78 is 4.92. The quantitative estimate of drug-likeness (QED) is 0.819. The number of nitrogens with one attached hydrogen (secondary N) is 2. The van der Waals surface area contributed by atoms with Crippen LogP contribution in [0.15, 0.2) is 12.3 Å². The molecule has 2 heterocycles. The summed E-state index contributed by atoms with van der Waals surface area (Å²) in [7, 11) is 0. The van der Waals surface area contributed by atoms with Crippen molar-refractivity contribution in [2.24, 2.45) is 0 Å². The number of aromatic amines is 1. The number of H-pyrrole nitrogens is 1. The predicted molar refractivity (Wildman–Crippen MR) is 84.9 cm³/mol. The van der Waals surface area contributed by atoms with E-state index in [0.29, 0.717) is 24.0 Å². The Labute approximate surface area is 131 Å². The van der Waals surface area contributed by atoms with Crippen molar-refractivity contribution in [3.05, 3.63) is 18.0 Å². The lowest BCUT2D eigenvalue weighted by Crippen LogP contribution is -2.50. The van der Waals surface area contributed by atoms with Crippen LogP contribution in [0, 0.1) is 0 Å². The van der Waals surface area contributed by atoms with Crippen LogP contribution in [-0.4, -0.2) is 47.0 Å². The highest BCUT2D eigenvalue weighted by Gasteiger charge is 2.30. The van der Waals surface area contributed by atoms with Gasteiger partial charge in [0.15, 0.2) is 0 Å². The largest absolute Gasteiger partial charge is 0.461 e. The zero-order chi connectivity index (χ0) is 16.1. The summed E-state index contributed by atoms with van der Waals surface area (Å²) in [4.78, 5) is 29.2. The van der Waals surface area contributed by atoms with Crippen molar-refractivity contribution in [1.82, 2.24) is 9.88 Å². The highest BCUT2D eigenvalue weighted by molar-refractivity contribution is 5.96. The summed E-state index contributed by atoms with van der Waals surface area (Å²) in [5.41, 5.74) is 0.948. The molecule has 0 unspecified atom stereocenters. The van der Waals surface area contributed by atoms with E-state index >= 15 is 0 Å². The number of carbonyl (C=O) groups is 2. The Bertz CT molecular complexity index is 524. The zero-order valence-corrected chi connectivity index (χ0v) is 13.5. The van der Waals surface area contributed by atoms with Gasteiger partial charge in [0.25, 0.3) is 0 Å². The van der Waals surface area contributed by atoms with E-state index in [1.54, 1.807) is 19.2 Å². The summed E-state index contributed by atoms with van der Waals surface area (Å²) >= 11 is 0. The average Bonchev–Trinajstić information content (AvgIpc) is 2.96. The molecule has 0 bridgehead atoms. The third kappa shape index (κ3) is 3.88. The summed E-state index contributed by atoms with van der Waals surface area (Å²) in [6, 6.07) is 1.85. The molecule has 1 aromatic rings. The monoisotopic (exact) mass is 307 g/mol. The average molecular weight is 307 g/mol. The van der Waals surface area contributed by atoms with Gasteiger partial charge in [-0.25, -0.2) is 4.79 Å². The smallest absolute Gasteiger partial charge is 0.354 e. The molecule has 1 fully saturated rings. The minimum atomic E-state index is -0.413. The summed E-state index contributed by atoms with van der Waals surface area (Å²) in [6.07, 6.45) is 4.70. The Morgan fingerprint density at radius 2 is 2.23 bits per heavy atom. The van der Waals surface area contributed by atoms with Crippen LogP contribution in [0.3, 0.4) is 0 Å². The highest BCUT2D eigenvalue weighted by atomic mass is 16.5. The molecule has 1 aromatic heterocycles. The van der Waals surface area contributed by atoms with E-state index in [4.69, 9.17) is 4.74 Å². The molecule has 1 amide bonds. The van der Waals surface area contributed by atoms with Crippen LogP contribution >= 0.6 is 0 Å². The molecule has 6 nitrogen and oxygen atoms in total. The molecule has 0 saturated carbocycles. The fourth-order valence-electron chi connectivity index (χ4n) is 2.87. The minimum Gasteiger partial charge on any atom is -0.461 e. The van der Waals surface area contributed by atoms with E-state index < -0.39 is 5.97 Å². The maximum absolute atomic E-state index is 12.5. The SMILES string of the molecule is CCOC(=O)c1cc(NC(=O)[C@@H]2CCCCN2C(C)C)c[nH]1. The molecular weight excluding hydrogens is 282 g/mol. The van der Waals surface area contributed by atoms with Crippen molar-refractivity contribution < 1.29 is 14.3 Å². The van der Waals surface area contributed by atoms with Gasteiger partial charge in [0, 0.05) is 12.2 Å². The van der Waals surface area contributed by atoms with E-state index in [2.05, 4.69) is 29.0 Å². The first-order valence-electron chi connectivity index (χ1n) is 7.95. The molecule has 0 radical (unpaired) electrons. The number of hydrogen-bond donors (Lipinski definition) is 2. The van der Waals surface area contributed by atoms with Gasteiger partial charge in [-0.2, -0.15) is 0 Å². The van der Waals surface area contributed by atoms with E-state index in [1.807, 2.05) is 0 Å². The molecule has 2 rings (SSSR count). The first kappa shape index (κ1) is 16.5. The number of esters is 1. The van der Waals surface area contributed by atoms with Gasteiger partial charge < -0.3 is 15.0 Å². The second-order valence-corrected chi connectivity index (χ2v) is 5.85. The molecule has 2 N–H and O–H groups in total.